The molecule has 1 aliphatic carbocycles. The van der Waals surface area contributed by atoms with Gasteiger partial charge in [0.25, 0.3) is 0 Å². The maximum Gasteiger partial charge on any atom is 0.0357 e. The van der Waals surface area contributed by atoms with Crippen molar-refractivity contribution in [3.05, 3.63) is 11.6 Å². The Balaban J connectivity index is 2.31. The van der Waals surface area contributed by atoms with Crippen molar-refractivity contribution in [2.75, 3.05) is 6.54 Å². The zero-order chi connectivity index (χ0) is 11.5. The molecule has 0 atom stereocenters. The molecule has 1 aliphatic rings. The maximum atomic E-state index is 4.26. The molecule has 0 aliphatic heterocycles. The summed E-state index contributed by atoms with van der Waals surface area (Å²) in [4.78, 5) is 4.26. The lowest BCUT2D eigenvalue weighted by Gasteiger charge is -2.10. The van der Waals surface area contributed by atoms with E-state index in [2.05, 4.69) is 24.2 Å². The van der Waals surface area contributed by atoms with Crippen molar-refractivity contribution in [2.24, 2.45) is 4.99 Å². The van der Waals surface area contributed by atoms with Crippen LogP contribution in [-0.2, 0) is 0 Å². The summed E-state index contributed by atoms with van der Waals surface area (Å²) in [5.74, 6) is 0. The Morgan fingerprint density at radius 1 is 0.938 bits per heavy atom. The zero-order valence-corrected chi connectivity index (χ0v) is 10.9. The molecule has 0 saturated heterocycles. The van der Waals surface area contributed by atoms with Crippen LogP contribution in [-0.4, -0.2) is 12.8 Å². The first-order chi connectivity index (χ1) is 7.93. The minimum Gasteiger partial charge on any atom is -0.297 e. The third kappa shape index (κ3) is 6.81. The van der Waals surface area contributed by atoms with Crippen molar-refractivity contribution in [2.45, 2.75) is 71.1 Å². The van der Waals surface area contributed by atoms with Crippen LogP contribution in [0.2, 0.25) is 0 Å². The predicted molar refractivity (Wildman–Crippen MR) is 73.3 cm³/mol. The van der Waals surface area contributed by atoms with Gasteiger partial charge in [-0.15, -0.1) is 0 Å². The normalized spacial score (nSPS) is 19.9. The van der Waals surface area contributed by atoms with E-state index in [0.717, 1.165) is 13.0 Å². The molecule has 0 aromatic carbocycles. The highest BCUT2D eigenvalue weighted by Crippen LogP contribution is 2.20. The van der Waals surface area contributed by atoms with Gasteiger partial charge in [0, 0.05) is 19.2 Å². The maximum absolute atomic E-state index is 4.26. The summed E-state index contributed by atoms with van der Waals surface area (Å²) in [5.41, 5.74) is 1.68. The molecule has 0 spiro atoms. The monoisotopic (exact) mass is 221 g/mol. The van der Waals surface area contributed by atoms with Gasteiger partial charge in [0.05, 0.1) is 0 Å². The van der Waals surface area contributed by atoms with E-state index >= 15 is 0 Å². The quantitative estimate of drug-likeness (QED) is 0.474. The molecular weight excluding hydrogens is 194 g/mol. The molecule has 0 aromatic heterocycles. The number of allylic oxidation sites excluding steroid dienone is 2. The molecule has 0 amide bonds. The molecule has 1 heteroatoms. The Labute approximate surface area is 101 Å². The Bertz CT molecular complexity index is 203. The van der Waals surface area contributed by atoms with Gasteiger partial charge in [-0.25, -0.2) is 0 Å². The first-order valence-electron chi connectivity index (χ1n) is 7.09. The van der Waals surface area contributed by atoms with Gasteiger partial charge in [0.1, 0.15) is 0 Å². The molecule has 16 heavy (non-hydrogen) atoms. The number of rotatable bonds is 3. The summed E-state index contributed by atoms with van der Waals surface area (Å²) in [7, 11) is 0. The van der Waals surface area contributed by atoms with Crippen molar-refractivity contribution < 1.29 is 0 Å². The molecule has 0 N–H and O–H groups in total. The second-order valence-corrected chi connectivity index (χ2v) is 4.75. The second kappa shape index (κ2) is 9.62. The van der Waals surface area contributed by atoms with Gasteiger partial charge in [-0.2, -0.15) is 0 Å². The zero-order valence-electron chi connectivity index (χ0n) is 10.9. The Morgan fingerprint density at radius 3 is 2.06 bits per heavy atom. The van der Waals surface area contributed by atoms with Gasteiger partial charge in [-0.1, -0.05) is 43.8 Å². The van der Waals surface area contributed by atoms with Crippen molar-refractivity contribution >= 4 is 6.21 Å². The fraction of sp³-hybridized carbons (Fsp3) is 0.800. The summed E-state index contributed by atoms with van der Waals surface area (Å²) in [6, 6.07) is 0. The molecule has 1 nitrogen and oxygen atoms in total. The van der Waals surface area contributed by atoms with Crippen molar-refractivity contribution in [1.82, 2.24) is 0 Å². The fourth-order valence-corrected chi connectivity index (χ4v) is 2.34. The molecule has 0 heterocycles. The lowest BCUT2D eigenvalue weighted by molar-refractivity contribution is 0.550. The minimum absolute atomic E-state index is 0.920. The van der Waals surface area contributed by atoms with E-state index < -0.39 is 0 Å². The number of hydrogen-bond donors (Lipinski definition) is 0. The molecule has 0 radical (unpaired) electrons. The highest BCUT2D eigenvalue weighted by atomic mass is 14.7. The largest absolute Gasteiger partial charge is 0.297 e. The predicted octanol–water partition coefficient (Wildman–Crippen LogP) is 4.92. The third-order valence-electron chi connectivity index (χ3n) is 3.32. The SMILES string of the molecule is CCN=CCC=C1CCCCCCCCC1. The van der Waals surface area contributed by atoms with E-state index in [1.165, 1.54) is 57.8 Å². The average Bonchev–Trinajstić information content (AvgIpc) is 2.32. The van der Waals surface area contributed by atoms with E-state index in [0.29, 0.717) is 0 Å². The lowest BCUT2D eigenvalue weighted by atomic mass is 9.96. The Kier molecular flexibility index (Phi) is 8.10. The van der Waals surface area contributed by atoms with Crippen LogP contribution < -0.4 is 0 Å². The topological polar surface area (TPSA) is 12.4 Å². The first-order valence-corrected chi connectivity index (χ1v) is 7.09. The molecule has 0 unspecified atom stereocenters. The van der Waals surface area contributed by atoms with Gasteiger partial charge in [0.15, 0.2) is 0 Å². The second-order valence-electron chi connectivity index (χ2n) is 4.75. The van der Waals surface area contributed by atoms with Crippen LogP contribution in [0.15, 0.2) is 16.6 Å². The highest BCUT2D eigenvalue weighted by Gasteiger charge is 2.01. The molecular formula is C15H27N. The Morgan fingerprint density at radius 2 is 1.50 bits per heavy atom. The molecule has 1 saturated carbocycles. The van der Waals surface area contributed by atoms with E-state index in [1.807, 2.05) is 0 Å². The van der Waals surface area contributed by atoms with Crippen molar-refractivity contribution in [3.8, 4) is 0 Å². The van der Waals surface area contributed by atoms with Crippen LogP contribution in [0.3, 0.4) is 0 Å². The van der Waals surface area contributed by atoms with Crippen LogP contribution in [0.4, 0.5) is 0 Å². The molecule has 0 bridgehead atoms. The molecule has 0 aromatic rings. The summed E-state index contributed by atoms with van der Waals surface area (Å²) >= 11 is 0. The number of aliphatic imine (C=N–C) groups is 1. The standard InChI is InChI=1S/C15H27N/c1-2-16-14-10-13-15-11-8-6-4-3-5-7-9-12-15/h13-14H,2-12H2,1H3. The van der Waals surface area contributed by atoms with Gasteiger partial charge in [-0.3, -0.25) is 4.99 Å². The molecule has 1 rings (SSSR count). The van der Waals surface area contributed by atoms with Gasteiger partial charge in [0.2, 0.25) is 0 Å². The lowest BCUT2D eigenvalue weighted by Crippen LogP contribution is -1.91. The molecule has 1 fully saturated rings. The number of nitrogens with zero attached hydrogens (tertiary/aromatic N) is 1. The third-order valence-corrected chi connectivity index (χ3v) is 3.32. The van der Waals surface area contributed by atoms with Crippen LogP contribution in [0.5, 0.6) is 0 Å². The van der Waals surface area contributed by atoms with Gasteiger partial charge in [-0.05, 0) is 32.6 Å². The van der Waals surface area contributed by atoms with E-state index in [9.17, 15) is 0 Å². The summed E-state index contributed by atoms with van der Waals surface area (Å²) < 4.78 is 0. The smallest absolute Gasteiger partial charge is 0.0357 e. The fourth-order valence-electron chi connectivity index (χ4n) is 2.34. The van der Waals surface area contributed by atoms with E-state index in [1.54, 1.807) is 5.57 Å². The number of hydrogen-bond acceptors (Lipinski definition) is 1. The molecule has 92 valence electrons. The van der Waals surface area contributed by atoms with Crippen LogP contribution in [0, 0.1) is 0 Å². The van der Waals surface area contributed by atoms with Gasteiger partial charge < -0.3 is 0 Å². The van der Waals surface area contributed by atoms with Crippen LogP contribution in [0.1, 0.15) is 71.1 Å². The van der Waals surface area contributed by atoms with E-state index in [-0.39, 0.29) is 0 Å². The average molecular weight is 221 g/mol. The Hall–Kier alpha value is -0.590. The minimum atomic E-state index is 0.920. The van der Waals surface area contributed by atoms with Crippen LogP contribution in [0.25, 0.3) is 0 Å². The van der Waals surface area contributed by atoms with Crippen LogP contribution >= 0.6 is 0 Å². The summed E-state index contributed by atoms with van der Waals surface area (Å²) in [5, 5.41) is 0. The van der Waals surface area contributed by atoms with E-state index in [4.69, 9.17) is 0 Å². The summed E-state index contributed by atoms with van der Waals surface area (Å²) in [6.07, 6.45) is 18.2. The van der Waals surface area contributed by atoms with Crippen molar-refractivity contribution in [1.29, 1.82) is 0 Å². The van der Waals surface area contributed by atoms with Crippen molar-refractivity contribution in [3.63, 3.8) is 0 Å². The summed E-state index contributed by atoms with van der Waals surface area (Å²) in [6.45, 7) is 3.01. The highest BCUT2D eigenvalue weighted by molar-refractivity contribution is 5.59. The first kappa shape index (κ1) is 13.5. The van der Waals surface area contributed by atoms with Gasteiger partial charge >= 0.3 is 0 Å².